The van der Waals surface area contributed by atoms with E-state index in [-0.39, 0.29) is 5.41 Å². The highest BCUT2D eigenvalue weighted by Crippen LogP contribution is 2.40. The third-order valence-electron chi connectivity index (χ3n) is 6.03. The zero-order valence-corrected chi connectivity index (χ0v) is 13.4. The van der Waals surface area contributed by atoms with Gasteiger partial charge < -0.3 is 5.73 Å². The molecule has 0 amide bonds. The molecule has 2 saturated carbocycles. The fourth-order valence-corrected chi connectivity index (χ4v) is 4.57. The van der Waals surface area contributed by atoms with Crippen LogP contribution >= 0.6 is 0 Å². The van der Waals surface area contributed by atoms with Crippen molar-refractivity contribution < 1.29 is 0 Å². The second-order valence-corrected chi connectivity index (χ2v) is 7.36. The van der Waals surface area contributed by atoms with Gasteiger partial charge in [-0.25, -0.2) is 0 Å². The minimum atomic E-state index is 0.277. The molecule has 0 atom stereocenters. The van der Waals surface area contributed by atoms with Gasteiger partial charge in [0.1, 0.15) is 0 Å². The molecule has 0 heterocycles. The van der Waals surface area contributed by atoms with Gasteiger partial charge in [-0.3, -0.25) is 0 Å². The van der Waals surface area contributed by atoms with Crippen LogP contribution in [0.25, 0.3) is 0 Å². The van der Waals surface area contributed by atoms with E-state index >= 15 is 0 Å². The van der Waals surface area contributed by atoms with E-state index < -0.39 is 0 Å². The van der Waals surface area contributed by atoms with Gasteiger partial charge in [0.25, 0.3) is 0 Å². The van der Waals surface area contributed by atoms with E-state index in [0.717, 1.165) is 12.5 Å². The average Bonchev–Trinajstić information content (AvgIpc) is 2.85. The van der Waals surface area contributed by atoms with Crippen LogP contribution < -0.4 is 5.73 Å². The van der Waals surface area contributed by atoms with E-state index in [1.165, 1.54) is 76.2 Å². The molecular formula is C20H31N. The highest BCUT2D eigenvalue weighted by Gasteiger charge is 2.32. The number of rotatable bonds is 3. The molecule has 2 aliphatic carbocycles. The predicted molar refractivity (Wildman–Crippen MR) is 90.7 cm³/mol. The molecule has 1 aromatic carbocycles. The smallest absolute Gasteiger partial charge is 0.00756 e. The summed E-state index contributed by atoms with van der Waals surface area (Å²) in [6.45, 7) is 0.821. The monoisotopic (exact) mass is 285 g/mol. The van der Waals surface area contributed by atoms with Crippen molar-refractivity contribution in [1.29, 1.82) is 0 Å². The first-order chi connectivity index (χ1) is 10.3. The van der Waals surface area contributed by atoms with Crippen molar-refractivity contribution in [2.45, 2.75) is 82.0 Å². The number of hydrogen-bond acceptors (Lipinski definition) is 1. The molecule has 2 fully saturated rings. The lowest BCUT2D eigenvalue weighted by atomic mass is 9.69. The van der Waals surface area contributed by atoms with Gasteiger partial charge in [-0.05, 0) is 42.7 Å². The molecule has 0 radical (unpaired) electrons. The van der Waals surface area contributed by atoms with E-state index in [9.17, 15) is 0 Å². The second-order valence-electron chi connectivity index (χ2n) is 7.36. The highest BCUT2D eigenvalue weighted by atomic mass is 14.6. The molecule has 2 N–H and O–H groups in total. The molecular weight excluding hydrogens is 254 g/mol. The lowest BCUT2D eigenvalue weighted by Crippen LogP contribution is -2.37. The maximum atomic E-state index is 6.22. The third kappa shape index (κ3) is 3.34. The van der Waals surface area contributed by atoms with Crippen molar-refractivity contribution in [3.05, 3.63) is 35.4 Å². The van der Waals surface area contributed by atoms with E-state index in [1.54, 1.807) is 5.56 Å². The van der Waals surface area contributed by atoms with Crippen molar-refractivity contribution >= 4 is 0 Å². The fraction of sp³-hybridized carbons (Fsp3) is 0.700. The lowest BCUT2D eigenvalue weighted by molar-refractivity contribution is 0.300. The standard InChI is InChI=1S/C20H31N/c21-16-20(13-6-3-7-14-20)19-12-8-11-18(15-19)17-9-4-1-2-5-10-17/h8,11-12,15,17H,1-7,9-10,13-14,16,21H2. The van der Waals surface area contributed by atoms with Crippen LogP contribution in [0.3, 0.4) is 0 Å². The molecule has 0 spiro atoms. The zero-order chi connectivity index (χ0) is 14.5. The SMILES string of the molecule is NCC1(c2cccc(C3CCCCCC3)c2)CCCCC1. The maximum absolute atomic E-state index is 6.22. The van der Waals surface area contributed by atoms with Crippen LogP contribution in [-0.2, 0) is 5.41 Å². The van der Waals surface area contributed by atoms with Gasteiger partial charge in [-0.15, -0.1) is 0 Å². The van der Waals surface area contributed by atoms with E-state index in [4.69, 9.17) is 5.73 Å². The topological polar surface area (TPSA) is 26.0 Å². The summed E-state index contributed by atoms with van der Waals surface area (Å²) in [6, 6.07) is 9.53. The van der Waals surface area contributed by atoms with Crippen LogP contribution in [-0.4, -0.2) is 6.54 Å². The van der Waals surface area contributed by atoms with Crippen LogP contribution in [0.4, 0.5) is 0 Å². The second kappa shape index (κ2) is 6.96. The molecule has 21 heavy (non-hydrogen) atoms. The quantitative estimate of drug-likeness (QED) is 0.751. The summed E-state index contributed by atoms with van der Waals surface area (Å²) in [6.07, 6.45) is 15.1. The number of benzene rings is 1. The molecule has 0 aliphatic heterocycles. The van der Waals surface area contributed by atoms with Crippen molar-refractivity contribution in [2.24, 2.45) is 5.73 Å². The van der Waals surface area contributed by atoms with E-state index in [2.05, 4.69) is 24.3 Å². The fourth-order valence-electron chi connectivity index (χ4n) is 4.57. The summed E-state index contributed by atoms with van der Waals surface area (Å²) in [4.78, 5) is 0. The Balaban J connectivity index is 1.84. The Morgan fingerprint density at radius 3 is 2.24 bits per heavy atom. The van der Waals surface area contributed by atoms with Crippen molar-refractivity contribution in [3.63, 3.8) is 0 Å². The Hall–Kier alpha value is -0.820. The first kappa shape index (κ1) is 15.1. The molecule has 0 aromatic heterocycles. The Kier molecular flexibility index (Phi) is 5.00. The van der Waals surface area contributed by atoms with Crippen LogP contribution in [0.15, 0.2) is 24.3 Å². The first-order valence-corrected chi connectivity index (χ1v) is 9.15. The Morgan fingerprint density at radius 1 is 0.905 bits per heavy atom. The molecule has 116 valence electrons. The van der Waals surface area contributed by atoms with Gasteiger partial charge in [-0.2, -0.15) is 0 Å². The summed E-state index contributed by atoms with van der Waals surface area (Å²) in [7, 11) is 0. The van der Waals surface area contributed by atoms with Crippen LogP contribution in [0.5, 0.6) is 0 Å². The number of nitrogens with two attached hydrogens (primary N) is 1. The molecule has 0 bridgehead atoms. The summed E-state index contributed by atoms with van der Waals surface area (Å²) in [5, 5.41) is 0. The van der Waals surface area contributed by atoms with Gasteiger partial charge in [-0.1, -0.05) is 69.2 Å². The minimum absolute atomic E-state index is 0.277. The van der Waals surface area contributed by atoms with E-state index in [1.807, 2.05) is 0 Å². The molecule has 1 nitrogen and oxygen atoms in total. The van der Waals surface area contributed by atoms with Crippen LogP contribution in [0.2, 0.25) is 0 Å². The van der Waals surface area contributed by atoms with E-state index in [0.29, 0.717) is 0 Å². The Labute approximate surface area is 130 Å². The largest absolute Gasteiger partial charge is 0.330 e. The molecule has 0 unspecified atom stereocenters. The van der Waals surface area contributed by atoms with Gasteiger partial charge in [0, 0.05) is 12.0 Å². The molecule has 2 aliphatic rings. The van der Waals surface area contributed by atoms with Gasteiger partial charge in [0.15, 0.2) is 0 Å². The first-order valence-electron chi connectivity index (χ1n) is 9.15. The maximum Gasteiger partial charge on any atom is 0.00756 e. The van der Waals surface area contributed by atoms with Gasteiger partial charge in [0.2, 0.25) is 0 Å². The van der Waals surface area contributed by atoms with Crippen molar-refractivity contribution in [1.82, 2.24) is 0 Å². The molecule has 1 aromatic rings. The zero-order valence-electron chi connectivity index (χ0n) is 13.4. The van der Waals surface area contributed by atoms with Gasteiger partial charge in [0.05, 0.1) is 0 Å². The minimum Gasteiger partial charge on any atom is -0.330 e. The normalized spacial score (nSPS) is 23.7. The molecule has 0 saturated heterocycles. The number of hydrogen-bond donors (Lipinski definition) is 1. The Morgan fingerprint density at radius 2 is 1.57 bits per heavy atom. The predicted octanol–water partition coefficient (Wildman–Crippen LogP) is 5.29. The highest BCUT2D eigenvalue weighted by molar-refractivity contribution is 5.33. The lowest BCUT2D eigenvalue weighted by Gasteiger charge is -2.37. The van der Waals surface area contributed by atoms with Crippen molar-refractivity contribution in [2.75, 3.05) is 6.54 Å². The summed E-state index contributed by atoms with van der Waals surface area (Å²) in [5.41, 5.74) is 9.62. The average molecular weight is 285 g/mol. The van der Waals surface area contributed by atoms with Crippen LogP contribution in [0.1, 0.15) is 87.7 Å². The van der Waals surface area contributed by atoms with Gasteiger partial charge >= 0.3 is 0 Å². The summed E-state index contributed by atoms with van der Waals surface area (Å²) >= 11 is 0. The van der Waals surface area contributed by atoms with Crippen molar-refractivity contribution in [3.8, 4) is 0 Å². The summed E-state index contributed by atoms with van der Waals surface area (Å²) < 4.78 is 0. The summed E-state index contributed by atoms with van der Waals surface area (Å²) in [5.74, 6) is 0.797. The molecule has 1 heteroatoms. The van der Waals surface area contributed by atoms with Crippen LogP contribution in [0, 0.1) is 0 Å². The third-order valence-corrected chi connectivity index (χ3v) is 6.03. The Bertz CT molecular complexity index is 437. The molecule has 3 rings (SSSR count).